The van der Waals surface area contributed by atoms with Crippen LogP contribution in [0.15, 0.2) is 0 Å². The van der Waals surface area contributed by atoms with Crippen LogP contribution < -0.4 is 5.32 Å². The lowest BCUT2D eigenvalue weighted by molar-refractivity contribution is 0.195. The molecule has 1 aliphatic rings. The first-order chi connectivity index (χ1) is 6.15. The van der Waals surface area contributed by atoms with Crippen LogP contribution in [0.1, 0.15) is 53.4 Å². The van der Waals surface area contributed by atoms with Crippen molar-refractivity contribution in [3.05, 3.63) is 0 Å². The van der Waals surface area contributed by atoms with E-state index in [0.717, 1.165) is 17.9 Å². The van der Waals surface area contributed by atoms with Crippen LogP contribution in [0, 0.1) is 11.8 Å². The van der Waals surface area contributed by atoms with Crippen molar-refractivity contribution in [1.29, 1.82) is 0 Å². The molecule has 1 heteroatoms. The molecule has 0 aromatic heterocycles. The smallest absolute Gasteiger partial charge is 0.00977 e. The summed E-state index contributed by atoms with van der Waals surface area (Å²) >= 11 is 0. The lowest BCUT2D eigenvalue weighted by Gasteiger charge is -2.36. The molecular weight excluding hydrogens is 158 g/mol. The van der Waals surface area contributed by atoms with Crippen LogP contribution in [0.5, 0.6) is 0 Å². The van der Waals surface area contributed by atoms with Gasteiger partial charge in [0.15, 0.2) is 0 Å². The van der Waals surface area contributed by atoms with Crippen molar-refractivity contribution in [3.63, 3.8) is 0 Å². The lowest BCUT2D eigenvalue weighted by atomic mass is 9.78. The Morgan fingerprint density at radius 2 is 2.00 bits per heavy atom. The average Bonchev–Trinajstić information content (AvgIpc) is 2.13. The van der Waals surface area contributed by atoms with Gasteiger partial charge < -0.3 is 5.32 Å². The molecule has 0 amide bonds. The Morgan fingerprint density at radius 3 is 2.62 bits per heavy atom. The molecule has 78 valence electrons. The minimum absolute atomic E-state index is 0.692. The van der Waals surface area contributed by atoms with Crippen molar-refractivity contribution in [2.75, 3.05) is 0 Å². The van der Waals surface area contributed by atoms with E-state index in [-0.39, 0.29) is 0 Å². The minimum Gasteiger partial charge on any atom is -0.311 e. The third-order valence-corrected chi connectivity index (χ3v) is 3.82. The van der Waals surface area contributed by atoms with Gasteiger partial charge >= 0.3 is 0 Å². The zero-order valence-electron chi connectivity index (χ0n) is 9.64. The Labute approximate surface area is 83.3 Å². The fourth-order valence-corrected chi connectivity index (χ4v) is 2.30. The van der Waals surface area contributed by atoms with Gasteiger partial charge in [0.1, 0.15) is 0 Å². The van der Waals surface area contributed by atoms with Crippen molar-refractivity contribution in [2.45, 2.75) is 65.5 Å². The van der Waals surface area contributed by atoms with E-state index >= 15 is 0 Å². The van der Waals surface area contributed by atoms with Gasteiger partial charge in [0.25, 0.3) is 0 Å². The zero-order chi connectivity index (χ0) is 9.84. The zero-order valence-corrected chi connectivity index (χ0v) is 9.64. The summed E-state index contributed by atoms with van der Waals surface area (Å²) in [5.41, 5.74) is 0. The van der Waals surface area contributed by atoms with Gasteiger partial charge in [0, 0.05) is 12.1 Å². The van der Waals surface area contributed by atoms with Crippen LogP contribution in [0.3, 0.4) is 0 Å². The molecule has 0 aliphatic heterocycles. The molecule has 1 saturated carbocycles. The van der Waals surface area contributed by atoms with E-state index in [1.54, 1.807) is 0 Å². The van der Waals surface area contributed by atoms with Gasteiger partial charge in [0.2, 0.25) is 0 Å². The van der Waals surface area contributed by atoms with Gasteiger partial charge in [-0.05, 0) is 31.6 Å². The Balaban J connectivity index is 2.39. The lowest BCUT2D eigenvalue weighted by Crippen LogP contribution is -2.44. The van der Waals surface area contributed by atoms with Crippen molar-refractivity contribution in [3.8, 4) is 0 Å². The Hall–Kier alpha value is -0.0400. The van der Waals surface area contributed by atoms with Crippen LogP contribution in [0.2, 0.25) is 0 Å². The van der Waals surface area contributed by atoms with E-state index in [9.17, 15) is 0 Å². The summed E-state index contributed by atoms with van der Waals surface area (Å²) in [6, 6.07) is 1.47. The third-order valence-electron chi connectivity index (χ3n) is 3.82. The third kappa shape index (κ3) is 2.98. The second-order valence-electron chi connectivity index (χ2n) is 4.85. The molecule has 4 atom stereocenters. The number of rotatable bonds is 3. The van der Waals surface area contributed by atoms with Gasteiger partial charge in [-0.25, -0.2) is 0 Å². The van der Waals surface area contributed by atoms with E-state index in [0.29, 0.717) is 6.04 Å². The maximum atomic E-state index is 3.75. The average molecular weight is 183 g/mol. The van der Waals surface area contributed by atoms with Crippen molar-refractivity contribution in [1.82, 2.24) is 5.32 Å². The first-order valence-corrected chi connectivity index (χ1v) is 5.91. The maximum Gasteiger partial charge on any atom is 0.00977 e. The molecule has 13 heavy (non-hydrogen) atoms. The summed E-state index contributed by atoms with van der Waals surface area (Å²) in [5.74, 6) is 1.78. The quantitative estimate of drug-likeness (QED) is 0.708. The summed E-state index contributed by atoms with van der Waals surface area (Å²) in [6.07, 6.45) is 5.48. The molecule has 1 rings (SSSR count). The van der Waals surface area contributed by atoms with Crippen molar-refractivity contribution in [2.24, 2.45) is 11.8 Å². The standard InChI is InChI=1S/C12H25N/c1-5-10(3)13-12-8-6-7-9(2)11(12)4/h9-13H,5-8H2,1-4H3/t9-,10-,11+,12+/m0/s1. The molecule has 0 spiro atoms. The summed E-state index contributed by atoms with van der Waals surface area (Å²) in [4.78, 5) is 0. The maximum absolute atomic E-state index is 3.75. The molecule has 1 N–H and O–H groups in total. The highest BCUT2D eigenvalue weighted by Crippen LogP contribution is 2.29. The Kier molecular flexibility index (Phi) is 4.24. The molecule has 1 aliphatic carbocycles. The van der Waals surface area contributed by atoms with Crippen LogP contribution in [0.25, 0.3) is 0 Å². The molecular formula is C12H25N. The van der Waals surface area contributed by atoms with Crippen LogP contribution in [-0.4, -0.2) is 12.1 Å². The highest BCUT2D eigenvalue weighted by Gasteiger charge is 2.27. The predicted molar refractivity (Wildman–Crippen MR) is 58.9 cm³/mol. The molecule has 0 radical (unpaired) electrons. The molecule has 0 bridgehead atoms. The highest BCUT2D eigenvalue weighted by atomic mass is 15.0. The Morgan fingerprint density at radius 1 is 1.31 bits per heavy atom. The SMILES string of the molecule is CC[C@H](C)N[C@@H]1CCC[C@H](C)[C@H]1C. The summed E-state index contributed by atoms with van der Waals surface area (Å²) in [6.45, 7) is 9.36. The fourth-order valence-electron chi connectivity index (χ4n) is 2.30. The fraction of sp³-hybridized carbons (Fsp3) is 1.00. The Bertz CT molecular complexity index is 144. The van der Waals surface area contributed by atoms with E-state index in [1.807, 2.05) is 0 Å². The predicted octanol–water partition coefficient (Wildman–Crippen LogP) is 3.20. The number of nitrogens with one attached hydrogen (secondary N) is 1. The summed E-state index contributed by atoms with van der Waals surface area (Å²) in [7, 11) is 0. The second-order valence-corrected chi connectivity index (χ2v) is 4.85. The first kappa shape index (κ1) is 11.0. The molecule has 0 unspecified atom stereocenters. The summed E-state index contributed by atoms with van der Waals surface area (Å²) < 4.78 is 0. The molecule has 0 heterocycles. The van der Waals surface area contributed by atoms with E-state index in [4.69, 9.17) is 0 Å². The second kappa shape index (κ2) is 4.99. The van der Waals surface area contributed by atoms with Gasteiger partial charge in [0.05, 0.1) is 0 Å². The number of hydrogen-bond acceptors (Lipinski definition) is 1. The molecule has 0 aromatic carbocycles. The van der Waals surface area contributed by atoms with E-state index in [2.05, 4.69) is 33.0 Å². The molecule has 0 aromatic rings. The van der Waals surface area contributed by atoms with Crippen LogP contribution in [-0.2, 0) is 0 Å². The molecule has 1 fully saturated rings. The monoisotopic (exact) mass is 183 g/mol. The summed E-state index contributed by atoms with van der Waals surface area (Å²) in [5, 5.41) is 3.75. The highest BCUT2D eigenvalue weighted by molar-refractivity contribution is 4.83. The van der Waals surface area contributed by atoms with Gasteiger partial charge in [-0.3, -0.25) is 0 Å². The number of hydrogen-bond donors (Lipinski definition) is 1. The van der Waals surface area contributed by atoms with Gasteiger partial charge in [-0.1, -0.05) is 33.6 Å². The van der Waals surface area contributed by atoms with Gasteiger partial charge in [-0.2, -0.15) is 0 Å². The topological polar surface area (TPSA) is 12.0 Å². The van der Waals surface area contributed by atoms with Crippen molar-refractivity contribution >= 4 is 0 Å². The largest absolute Gasteiger partial charge is 0.311 e. The van der Waals surface area contributed by atoms with Crippen LogP contribution in [0.4, 0.5) is 0 Å². The molecule has 1 nitrogen and oxygen atoms in total. The minimum atomic E-state index is 0.692. The van der Waals surface area contributed by atoms with Crippen LogP contribution >= 0.6 is 0 Å². The van der Waals surface area contributed by atoms with E-state index in [1.165, 1.54) is 25.7 Å². The first-order valence-electron chi connectivity index (χ1n) is 5.91. The van der Waals surface area contributed by atoms with Crippen molar-refractivity contribution < 1.29 is 0 Å². The van der Waals surface area contributed by atoms with E-state index < -0.39 is 0 Å². The van der Waals surface area contributed by atoms with Gasteiger partial charge in [-0.15, -0.1) is 0 Å². The molecule has 0 saturated heterocycles. The normalized spacial score (nSPS) is 37.4.